The Morgan fingerprint density at radius 1 is 1.44 bits per heavy atom. The van der Waals surface area contributed by atoms with Crippen molar-refractivity contribution in [2.45, 2.75) is 18.9 Å². The van der Waals surface area contributed by atoms with Crippen LogP contribution in [0.5, 0.6) is 0 Å². The molecular formula is C10H13N5O. The van der Waals surface area contributed by atoms with Crippen molar-refractivity contribution >= 4 is 17.0 Å². The topological polar surface area (TPSA) is 89.9 Å². The number of nitrogens with two attached hydrogens (primary N) is 1. The van der Waals surface area contributed by atoms with Crippen molar-refractivity contribution < 1.29 is 5.11 Å². The lowest BCUT2D eigenvalue weighted by Crippen LogP contribution is -1.99. The lowest BCUT2D eigenvalue weighted by atomic mass is 10.3. The Hall–Kier alpha value is -1.69. The number of rotatable bonds is 3. The number of imidazole rings is 1. The van der Waals surface area contributed by atoms with Crippen LogP contribution in [0, 0.1) is 5.92 Å². The highest BCUT2D eigenvalue weighted by molar-refractivity contribution is 5.81. The highest BCUT2D eigenvalue weighted by atomic mass is 16.3. The molecular weight excluding hydrogens is 206 g/mol. The van der Waals surface area contributed by atoms with E-state index in [0.717, 1.165) is 18.5 Å². The largest absolute Gasteiger partial charge is 0.396 e. The van der Waals surface area contributed by atoms with E-state index in [1.807, 2.05) is 4.57 Å². The van der Waals surface area contributed by atoms with Crippen LogP contribution in [0.25, 0.3) is 11.2 Å². The number of anilines is 1. The number of nitrogen functional groups attached to an aromatic ring is 1. The zero-order valence-corrected chi connectivity index (χ0v) is 8.74. The number of hydrogen-bond acceptors (Lipinski definition) is 5. The summed E-state index contributed by atoms with van der Waals surface area (Å²) in [6, 6.07) is 0.409. The molecule has 0 bridgehead atoms. The number of aliphatic hydroxyl groups is 1. The second kappa shape index (κ2) is 3.41. The zero-order chi connectivity index (χ0) is 11.1. The fourth-order valence-electron chi connectivity index (χ4n) is 2.16. The Morgan fingerprint density at radius 2 is 2.31 bits per heavy atom. The highest BCUT2D eigenvalue weighted by Gasteiger charge is 2.38. The second-order valence-electron chi connectivity index (χ2n) is 4.16. The molecule has 0 aromatic carbocycles. The SMILES string of the molecule is Nc1ncnc2c1ncn2[C@H]1C[C@H]1CCO. The Bertz CT molecular complexity index is 523. The minimum absolute atomic E-state index is 0.241. The van der Waals surface area contributed by atoms with Crippen LogP contribution in [0.15, 0.2) is 12.7 Å². The summed E-state index contributed by atoms with van der Waals surface area (Å²) in [6.45, 7) is 0.241. The molecule has 1 saturated carbocycles. The maximum absolute atomic E-state index is 8.88. The third-order valence-electron chi connectivity index (χ3n) is 3.13. The highest BCUT2D eigenvalue weighted by Crippen LogP contribution is 2.46. The van der Waals surface area contributed by atoms with E-state index in [9.17, 15) is 0 Å². The lowest BCUT2D eigenvalue weighted by molar-refractivity contribution is 0.277. The number of nitrogens with zero attached hydrogens (tertiary/aromatic N) is 4. The summed E-state index contributed by atoms with van der Waals surface area (Å²) in [5, 5.41) is 8.88. The van der Waals surface area contributed by atoms with Gasteiger partial charge in [-0.3, -0.25) is 0 Å². The Kier molecular flexibility index (Phi) is 2.03. The van der Waals surface area contributed by atoms with Crippen molar-refractivity contribution in [2.24, 2.45) is 5.92 Å². The van der Waals surface area contributed by atoms with Crippen LogP contribution in [0.4, 0.5) is 5.82 Å². The van der Waals surface area contributed by atoms with Crippen LogP contribution in [0.3, 0.4) is 0 Å². The van der Waals surface area contributed by atoms with E-state index < -0.39 is 0 Å². The summed E-state index contributed by atoms with van der Waals surface area (Å²) in [6.07, 6.45) is 5.14. The lowest BCUT2D eigenvalue weighted by Gasteiger charge is -2.01. The summed E-state index contributed by atoms with van der Waals surface area (Å²) < 4.78 is 2.04. The third kappa shape index (κ3) is 1.34. The van der Waals surface area contributed by atoms with E-state index in [1.165, 1.54) is 6.33 Å². The van der Waals surface area contributed by atoms with Gasteiger partial charge in [-0.05, 0) is 18.8 Å². The van der Waals surface area contributed by atoms with Gasteiger partial charge in [0, 0.05) is 12.6 Å². The summed E-state index contributed by atoms with van der Waals surface area (Å²) in [7, 11) is 0. The van der Waals surface area contributed by atoms with Gasteiger partial charge in [-0.25, -0.2) is 15.0 Å². The molecule has 3 N–H and O–H groups in total. The van der Waals surface area contributed by atoms with Gasteiger partial charge < -0.3 is 15.4 Å². The van der Waals surface area contributed by atoms with E-state index in [-0.39, 0.29) is 6.61 Å². The standard InChI is InChI=1S/C10H13N5O/c11-9-8-10(13-4-12-9)15(5-14-8)7-3-6(7)1-2-16/h4-7,16H,1-3H2,(H2,11,12,13)/t6-,7+/m1/s1. The van der Waals surface area contributed by atoms with Gasteiger partial charge in [-0.1, -0.05) is 0 Å². The van der Waals surface area contributed by atoms with Gasteiger partial charge in [0.15, 0.2) is 11.5 Å². The summed E-state index contributed by atoms with van der Waals surface area (Å²) in [4.78, 5) is 12.3. The van der Waals surface area contributed by atoms with Crippen molar-refractivity contribution in [2.75, 3.05) is 12.3 Å². The first-order valence-electron chi connectivity index (χ1n) is 5.35. The van der Waals surface area contributed by atoms with Crippen molar-refractivity contribution in [3.63, 3.8) is 0 Å². The maximum atomic E-state index is 8.88. The van der Waals surface area contributed by atoms with Crippen LogP contribution in [0.2, 0.25) is 0 Å². The van der Waals surface area contributed by atoms with Crippen LogP contribution in [-0.4, -0.2) is 31.2 Å². The van der Waals surface area contributed by atoms with Crippen molar-refractivity contribution in [3.8, 4) is 0 Å². The molecule has 84 valence electrons. The zero-order valence-electron chi connectivity index (χ0n) is 8.74. The van der Waals surface area contributed by atoms with E-state index in [0.29, 0.717) is 23.3 Å². The molecule has 6 nitrogen and oxygen atoms in total. The molecule has 16 heavy (non-hydrogen) atoms. The quantitative estimate of drug-likeness (QED) is 0.777. The van der Waals surface area contributed by atoms with Gasteiger partial charge in [0.05, 0.1) is 6.33 Å². The van der Waals surface area contributed by atoms with Crippen LogP contribution >= 0.6 is 0 Å². The van der Waals surface area contributed by atoms with Gasteiger partial charge in [-0.15, -0.1) is 0 Å². The van der Waals surface area contributed by atoms with Crippen LogP contribution in [-0.2, 0) is 0 Å². The van der Waals surface area contributed by atoms with Gasteiger partial charge in [-0.2, -0.15) is 0 Å². The Balaban J connectivity index is 1.97. The monoisotopic (exact) mass is 219 g/mol. The van der Waals surface area contributed by atoms with E-state index >= 15 is 0 Å². The molecule has 0 aliphatic heterocycles. The van der Waals surface area contributed by atoms with Gasteiger partial charge in [0.25, 0.3) is 0 Å². The molecule has 0 radical (unpaired) electrons. The average Bonchev–Trinajstić information content (AvgIpc) is 2.89. The molecule has 0 saturated heterocycles. The first-order valence-corrected chi connectivity index (χ1v) is 5.35. The summed E-state index contributed by atoms with van der Waals surface area (Å²) in [5.41, 5.74) is 7.17. The Morgan fingerprint density at radius 3 is 3.12 bits per heavy atom. The first-order chi connectivity index (χ1) is 7.81. The number of aromatic nitrogens is 4. The Labute approximate surface area is 92.1 Å². The van der Waals surface area contributed by atoms with Crippen molar-refractivity contribution in [1.29, 1.82) is 0 Å². The van der Waals surface area contributed by atoms with Gasteiger partial charge in [0.1, 0.15) is 11.8 Å². The minimum atomic E-state index is 0.241. The molecule has 1 fully saturated rings. The molecule has 0 spiro atoms. The second-order valence-corrected chi connectivity index (χ2v) is 4.16. The molecule has 2 aromatic heterocycles. The van der Waals surface area contributed by atoms with E-state index in [4.69, 9.17) is 10.8 Å². The molecule has 1 aliphatic carbocycles. The molecule has 3 rings (SSSR count). The molecule has 2 heterocycles. The van der Waals surface area contributed by atoms with Gasteiger partial charge >= 0.3 is 0 Å². The number of aliphatic hydroxyl groups excluding tert-OH is 1. The van der Waals surface area contributed by atoms with Crippen molar-refractivity contribution in [3.05, 3.63) is 12.7 Å². The van der Waals surface area contributed by atoms with E-state index in [2.05, 4.69) is 15.0 Å². The van der Waals surface area contributed by atoms with E-state index in [1.54, 1.807) is 6.33 Å². The van der Waals surface area contributed by atoms with Crippen molar-refractivity contribution in [1.82, 2.24) is 19.5 Å². The fraction of sp³-hybridized carbons (Fsp3) is 0.500. The van der Waals surface area contributed by atoms with Crippen LogP contribution in [0.1, 0.15) is 18.9 Å². The number of hydrogen-bond donors (Lipinski definition) is 2. The molecule has 0 unspecified atom stereocenters. The van der Waals surface area contributed by atoms with Gasteiger partial charge in [0.2, 0.25) is 0 Å². The first kappa shape index (κ1) is 9.53. The fourth-order valence-corrected chi connectivity index (χ4v) is 2.16. The molecule has 0 amide bonds. The predicted octanol–water partition coefficient (Wildman–Crippen LogP) is 0.352. The summed E-state index contributed by atoms with van der Waals surface area (Å²) >= 11 is 0. The third-order valence-corrected chi connectivity index (χ3v) is 3.13. The summed E-state index contributed by atoms with van der Waals surface area (Å²) in [5.74, 6) is 0.960. The minimum Gasteiger partial charge on any atom is -0.396 e. The maximum Gasteiger partial charge on any atom is 0.165 e. The predicted molar refractivity (Wildman–Crippen MR) is 58.6 cm³/mol. The smallest absolute Gasteiger partial charge is 0.165 e. The van der Waals surface area contributed by atoms with Crippen LogP contribution < -0.4 is 5.73 Å². The normalized spacial score (nSPS) is 23.8. The molecule has 1 aliphatic rings. The molecule has 2 atom stereocenters. The average molecular weight is 219 g/mol. The number of fused-ring (bicyclic) bond motifs is 1. The molecule has 6 heteroatoms. The molecule has 2 aromatic rings.